The summed E-state index contributed by atoms with van der Waals surface area (Å²) < 4.78 is 1.90. The molecule has 0 aliphatic rings. The summed E-state index contributed by atoms with van der Waals surface area (Å²) in [5.41, 5.74) is 2.87. The molecular weight excluding hydrogens is 246 g/mol. The number of benzene rings is 1. The fourth-order valence-corrected chi connectivity index (χ4v) is 1.99. The number of aromatic nitrogens is 1. The monoisotopic (exact) mass is 260 g/mol. The van der Waals surface area contributed by atoms with Gasteiger partial charge < -0.3 is 0 Å². The van der Waals surface area contributed by atoms with E-state index in [1.54, 1.807) is 6.07 Å². The molecule has 1 heterocycles. The van der Waals surface area contributed by atoms with Gasteiger partial charge in [0.05, 0.1) is 5.02 Å². The van der Waals surface area contributed by atoms with Crippen LogP contribution in [-0.4, -0.2) is 5.78 Å². The first-order chi connectivity index (χ1) is 8.56. The van der Waals surface area contributed by atoms with Crippen LogP contribution in [0.4, 0.5) is 0 Å². The van der Waals surface area contributed by atoms with Crippen molar-refractivity contribution in [1.29, 1.82) is 0 Å². The van der Waals surface area contributed by atoms with Gasteiger partial charge in [0.2, 0.25) is 12.3 Å². The summed E-state index contributed by atoms with van der Waals surface area (Å²) in [6, 6.07) is 11.3. The SMILES string of the molecule is Cc1ccc(C(=O)C[n+]2ccc(Cl)cc2C)cc1. The highest BCUT2D eigenvalue weighted by molar-refractivity contribution is 6.30. The second-order valence-corrected chi connectivity index (χ2v) is 4.84. The molecule has 2 nitrogen and oxygen atoms in total. The molecule has 3 heteroatoms. The van der Waals surface area contributed by atoms with Crippen LogP contribution < -0.4 is 4.57 Å². The standard InChI is InChI=1S/C15H15ClNO/c1-11-3-5-13(6-4-11)15(18)10-17-8-7-14(16)9-12(17)2/h3-9H,10H2,1-2H3/q+1. The summed E-state index contributed by atoms with van der Waals surface area (Å²) in [6.07, 6.45) is 1.84. The Kier molecular flexibility index (Phi) is 3.78. The van der Waals surface area contributed by atoms with Gasteiger partial charge in [0.15, 0.2) is 11.9 Å². The predicted molar refractivity (Wildman–Crippen MR) is 71.9 cm³/mol. The van der Waals surface area contributed by atoms with Crippen LogP contribution in [0.5, 0.6) is 0 Å². The Hall–Kier alpha value is -1.67. The zero-order chi connectivity index (χ0) is 13.1. The molecule has 18 heavy (non-hydrogen) atoms. The van der Waals surface area contributed by atoms with Crippen molar-refractivity contribution in [3.05, 3.63) is 64.4 Å². The summed E-state index contributed by atoms with van der Waals surface area (Å²) >= 11 is 5.89. The molecule has 0 unspecified atom stereocenters. The van der Waals surface area contributed by atoms with E-state index in [9.17, 15) is 4.79 Å². The zero-order valence-electron chi connectivity index (χ0n) is 10.5. The number of rotatable bonds is 3. The van der Waals surface area contributed by atoms with E-state index in [0.717, 1.165) is 16.8 Å². The molecule has 0 amide bonds. The predicted octanol–water partition coefficient (Wildman–Crippen LogP) is 3.13. The van der Waals surface area contributed by atoms with Crippen LogP contribution in [0.3, 0.4) is 0 Å². The van der Waals surface area contributed by atoms with E-state index >= 15 is 0 Å². The lowest BCUT2D eigenvalue weighted by Crippen LogP contribution is -2.40. The topological polar surface area (TPSA) is 20.9 Å². The van der Waals surface area contributed by atoms with Crippen molar-refractivity contribution < 1.29 is 9.36 Å². The minimum absolute atomic E-state index is 0.102. The molecule has 0 atom stereocenters. The highest BCUT2D eigenvalue weighted by Crippen LogP contribution is 2.07. The largest absolute Gasteiger partial charge is 0.287 e. The van der Waals surface area contributed by atoms with Gasteiger partial charge in [-0.05, 0) is 6.92 Å². The van der Waals surface area contributed by atoms with Gasteiger partial charge in [-0.15, -0.1) is 0 Å². The van der Waals surface area contributed by atoms with E-state index in [4.69, 9.17) is 11.6 Å². The second kappa shape index (κ2) is 5.32. The maximum Gasteiger partial charge on any atom is 0.227 e. The molecule has 0 fully saturated rings. The molecule has 2 aromatic rings. The van der Waals surface area contributed by atoms with Crippen molar-refractivity contribution in [3.8, 4) is 0 Å². The summed E-state index contributed by atoms with van der Waals surface area (Å²) in [6.45, 7) is 4.28. The Morgan fingerprint density at radius 3 is 2.44 bits per heavy atom. The Morgan fingerprint density at radius 2 is 1.83 bits per heavy atom. The third-order valence-corrected chi connectivity index (χ3v) is 3.14. The van der Waals surface area contributed by atoms with Gasteiger partial charge in [0.1, 0.15) is 0 Å². The molecule has 1 aromatic heterocycles. The number of Topliss-reactive ketones (excluding diaryl/α,β-unsaturated/α-hetero) is 1. The van der Waals surface area contributed by atoms with Crippen LogP contribution in [0.25, 0.3) is 0 Å². The molecule has 0 spiro atoms. The van der Waals surface area contributed by atoms with E-state index in [-0.39, 0.29) is 5.78 Å². The third kappa shape index (κ3) is 2.96. The number of aryl methyl sites for hydroxylation is 2. The maximum absolute atomic E-state index is 12.1. The van der Waals surface area contributed by atoms with E-state index in [2.05, 4.69) is 0 Å². The van der Waals surface area contributed by atoms with Crippen molar-refractivity contribution in [3.63, 3.8) is 0 Å². The molecule has 92 valence electrons. The van der Waals surface area contributed by atoms with E-state index in [1.807, 2.05) is 54.9 Å². The molecule has 0 saturated heterocycles. The number of ketones is 1. The first-order valence-electron chi connectivity index (χ1n) is 5.82. The van der Waals surface area contributed by atoms with Crippen LogP contribution in [0.2, 0.25) is 5.02 Å². The summed E-state index contributed by atoms with van der Waals surface area (Å²) in [4.78, 5) is 12.1. The molecule has 0 aliphatic heterocycles. The summed E-state index contributed by atoms with van der Waals surface area (Å²) in [5.74, 6) is 0.102. The van der Waals surface area contributed by atoms with Gasteiger partial charge in [0.25, 0.3) is 0 Å². The van der Waals surface area contributed by atoms with Gasteiger partial charge in [-0.2, -0.15) is 4.57 Å². The number of pyridine rings is 1. The number of carbonyl (C=O) groups excluding carboxylic acids is 1. The molecule has 0 bridgehead atoms. The normalized spacial score (nSPS) is 10.4. The van der Waals surface area contributed by atoms with Crippen LogP contribution >= 0.6 is 11.6 Å². The molecule has 0 radical (unpaired) electrons. The lowest BCUT2D eigenvalue weighted by atomic mass is 10.1. The molecule has 1 aromatic carbocycles. The minimum Gasteiger partial charge on any atom is -0.287 e. The van der Waals surface area contributed by atoms with Gasteiger partial charge in [-0.25, -0.2) is 0 Å². The van der Waals surface area contributed by atoms with E-state index in [0.29, 0.717) is 11.6 Å². The van der Waals surface area contributed by atoms with Crippen molar-refractivity contribution in [2.24, 2.45) is 0 Å². The Morgan fingerprint density at radius 1 is 1.17 bits per heavy atom. The van der Waals surface area contributed by atoms with Gasteiger partial charge >= 0.3 is 0 Å². The van der Waals surface area contributed by atoms with Gasteiger partial charge in [0, 0.05) is 24.6 Å². The number of nitrogens with zero attached hydrogens (tertiary/aromatic N) is 1. The van der Waals surface area contributed by atoms with Crippen molar-refractivity contribution in [2.75, 3.05) is 0 Å². The van der Waals surface area contributed by atoms with E-state index < -0.39 is 0 Å². The summed E-state index contributed by atoms with van der Waals surface area (Å²) in [7, 11) is 0. The Bertz CT molecular complexity index is 576. The number of carbonyl (C=O) groups is 1. The van der Waals surface area contributed by atoms with E-state index in [1.165, 1.54) is 0 Å². The zero-order valence-corrected chi connectivity index (χ0v) is 11.2. The second-order valence-electron chi connectivity index (χ2n) is 4.40. The molecule has 0 aliphatic carbocycles. The molecule has 2 rings (SSSR count). The fourth-order valence-electron chi connectivity index (χ4n) is 1.77. The number of halogens is 1. The molecule has 0 N–H and O–H groups in total. The lowest BCUT2D eigenvalue weighted by molar-refractivity contribution is -0.689. The van der Waals surface area contributed by atoms with Crippen LogP contribution in [0.1, 0.15) is 21.6 Å². The van der Waals surface area contributed by atoms with Crippen LogP contribution in [0.15, 0.2) is 42.6 Å². The quantitative estimate of drug-likeness (QED) is 0.614. The van der Waals surface area contributed by atoms with Crippen molar-refractivity contribution in [1.82, 2.24) is 0 Å². The number of hydrogen-bond donors (Lipinski definition) is 0. The highest BCUT2D eigenvalue weighted by atomic mass is 35.5. The summed E-state index contributed by atoms with van der Waals surface area (Å²) in [5, 5.41) is 0.687. The minimum atomic E-state index is 0.102. The lowest BCUT2D eigenvalue weighted by Gasteiger charge is -2.01. The smallest absolute Gasteiger partial charge is 0.227 e. The molecular formula is C15H15ClNO+. The Labute approximate surface area is 112 Å². The third-order valence-electron chi connectivity index (χ3n) is 2.90. The molecule has 0 saturated carbocycles. The maximum atomic E-state index is 12.1. The average Bonchev–Trinajstić information content (AvgIpc) is 2.33. The first-order valence-corrected chi connectivity index (χ1v) is 6.19. The van der Waals surface area contributed by atoms with Gasteiger partial charge in [-0.3, -0.25) is 4.79 Å². The van der Waals surface area contributed by atoms with Crippen LogP contribution in [-0.2, 0) is 6.54 Å². The van der Waals surface area contributed by atoms with Crippen LogP contribution in [0, 0.1) is 13.8 Å². The van der Waals surface area contributed by atoms with Crippen molar-refractivity contribution in [2.45, 2.75) is 20.4 Å². The highest BCUT2D eigenvalue weighted by Gasteiger charge is 2.14. The average molecular weight is 261 g/mol. The fraction of sp³-hybridized carbons (Fsp3) is 0.200. The van der Waals surface area contributed by atoms with Crippen molar-refractivity contribution >= 4 is 17.4 Å². The Balaban J connectivity index is 2.18. The first kappa shape index (κ1) is 12.8. The van der Waals surface area contributed by atoms with Gasteiger partial charge in [-0.1, -0.05) is 41.4 Å². The number of hydrogen-bond acceptors (Lipinski definition) is 1.